The highest BCUT2D eigenvalue weighted by molar-refractivity contribution is 4.85. The third-order valence-corrected chi connectivity index (χ3v) is 4.20. The van der Waals surface area contributed by atoms with Crippen LogP contribution in [-0.2, 0) is 4.74 Å². The molecule has 2 fully saturated rings. The van der Waals surface area contributed by atoms with Crippen molar-refractivity contribution in [3.8, 4) is 0 Å². The van der Waals surface area contributed by atoms with E-state index in [-0.39, 0.29) is 5.60 Å². The fraction of sp³-hybridized carbons (Fsp3) is 1.00. The van der Waals surface area contributed by atoms with E-state index in [1.54, 1.807) is 0 Å². The Labute approximate surface area is 105 Å². The van der Waals surface area contributed by atoms with Crippen molar-refractivity contribution in [2.24, 2.45) is 0 Å². The molecule has 0 amide bonds. The second-order valence-electron chi connectivity index (χ2n) is 6.20. The molecule has 3 heteroatoms. The van der Waals surface area contributed by atoms with Gasteiger partial charge < -0.3 is 9.84 Å². The minimum atomic E-state index is 0.0763. The Morgan fingerprint density at radius 2 is 2.12 bits per heavy atom. The third kappa shape index (κ3) is 3.67. The number of rotatable bonds is 4. The quantitative estimate of drug-likeness (QED) is 0.819. The van der Waals surface area contributed by atoms with Crippen molar-refractivity contribution in [1.82, 2.24) is 4.90 Å². The Kier molecular flexibility index (Phi) is 4.45. The average molecular weight is 241 g/mol. The molecule has 0 spiro atoms. The summed E-state index contributed by atoms with van der Waals surface area (Å²) in [6.45, 7) is 6.94. The van der Waals surface area contributed by atoms with Crippen molar-refractivity contribution < 1.29 is 9.84 Å². The predicted molar refractivity (Wildman–Crippen MR) is 69.1 cm³/mol. The number of piperidine rings is 1. The number of hydrogen-bond acceptors (Lipinski definition) is 3. The molecule has 100 valence electrons. The molecular weight excluding hydrogens is 214 g/mol. The molecule has 1 N–H and O–H groups in total. The van der Waals surface area contributed by atoms with Gasteiger partial charge >= 0.3 is 0 Å². The van der Waals surface area contributed by atoms with Crippen LogP contribution in [0.3, 0.4) is 0 Å². The first-order valence-electron chi connectivity index (χ1n) is 7.13. The number of hydrogen-bond donors (Lipinski definition) is 1. The molecule has 3 nitrogen and oxygen atoms in total. The molecule has 0 aromatic heterocycles. The molecule has 2 aliphatic rings. The molecule has 0 saturated carbocycles. The van der Waals surface area contributed by atoms with Gasteiger partial charge in [0.05, 0.1) is 11.7 Å². The zero-order chi connectivity index (χ0) is 12.3. The molecule has 2 rings (SSSR count). The van der Waals surface area contributed by atoms with Crippen molar-refractivity contribution in [1.29, 1.82) is 0 Å². The van der Waals surface area contributed by atoms with Gasteiger partial charge in [0.2, 0.25) is 0 Å². The van der Waals surface area contributed by atoms with Gasteiger partial charge in [-0.15, -0.1) is 0 Å². The summed E-state index contributed by atoms with van der Waals surface area (Å²) in [5.41, 5.74) is 0.0763. The third-order valence-electron chi connectivity index (χ3n) is 4.20. The van der Waals surface area contributed by atoms with Gasteiger partial charge in [0.15, 0.2) is 0 Å². The summed E-state index contributed by atoms with van der Waals surface area (Å²) in [7, 11) is 0. The topological polar surface area (TPSA) is 32.7 Å². The minimum Gasteiger partial charge on any atom is -0.396 e. The summed E-state index contributed by atoms with van der Waals surface area (Å²) in [6.07, 6.45) is 7.57. The van der Waals surface area contributed by atoms with E-state index in [9.17, 15) is 0 Å². The Morgan fingerprint density at radius 3 is 2.76 bits per heavy atom. The molecule has 0 aliphatic carbocycles. The van der Waals surface area contributed by atoms with E-state index in [1.807, 2.05) is 0 Å². The summed E-state index contributed by atoms with van der Waals surface area (Å²) in [5, 5.41) is 9.12. The first-order valence-corrected chi connectivity index (χ1v) is 7.13. The second-order valence-corrected chi connectivity index (χ2v) is 6.20. The standard InChI is InChI=1S/C14H27NO2/c1-14(2)8-6-13(17-14)11-15-9-4-3-5-12(15)7-10-16/h12-13,16H,3-11H2,1-2H3. The highest BCUT2D eigenvalue weighted by Crippen LogP contribution is 2.31. The number of aliphatic hydroxyl groups is 1. The van der Waals surface area contributed by atoms with E-state index in [1.165, 1.54) is 38.6 Å². The summed E-state index contributed by atoms with van der Waals surface area (Å²) in [5.74, 6) is 0. The monoisotopic (exact) mass is 241 g/mol. The van der Waals surface area contributed by atoms with Gasteiger partial charge in [-0.25, -0.2) is 0 Å². The smallest absolute Gasteiger partial charge is 0.0710 e. The molecule has 2 saturated heterocycles. The van der Waals surface area contributed by atoms with Crippen LogP contribution in [0.1, 0.15) is 52.4 Å². The van der Waals surface area contributed by atoms with Gasteiger partial charge in [-0.3, -0.25) is 4.90 Å². The molecule has 2 unspecified atom stereocenters. The van der Waals surface area contributed by atoms with E-state index >= 15 is 0 Å². The second kappa shape index (κ2) is 5.68. The van der Waals surface area contributed by atoms with Gasteiger partial charge in [-0.05, 0) is 52.5 Å². The fourth-order valence-electron chi connectivity index (χ4n) is 3.24. The number of ether oxygens (including phenoxy) is 1. The molecule has 0 radical (unpaired) electrons. The van der Waals surface area contributed by atoms with Crippen LogP contribution in [0, 0.1) is 0 Å². The van der Waals surface area contributed by atoms with Crippen LogP contribution < -0.4 is 0 Å². The lowest BCUT2D eigenvalue weighted by molar-refractivity contribution is -0.0387. The zero-order valence-electron chi connectivity index (χ0n) is 11.3. The molecular formula is C14H27NO2. The maximum atomic E-state index is 9.12. The van der Waals surface area contributed by atoms with Crippen LogP contribution in [0.25, 0.3) is 0 Å². The van der Waals surface area contributed by atoms with E-state index in [0.29, 0.717) is 18.8 Å². The maximum absolute atomic E-state index is 9.12. The highest BCUT2D eigenvalue weighted by Gasteiger charge is 2.34. The van der Waals surface area contributed by atoms with Crippen LogP contribution >= 0.6 is 0 Å². The Balaban J connectivity index is 1.84. The lowest BCUT2D eigenvalue weighted by Crippen LogP contribution is -2.44. The van der Waals surface area contributed by atoms with Crippen LogP contribution in [0.5, 0.6) is 0 Å². The van der Waals surface area contributed by atoms with E-state index in [2.05, 4.69) is 18.7 Å². The van der Waals surface area contributed by atoms with Gasteiger partial charge in [0, 0.05) is 19.2 Å². The van der Waals surface area contributed by atoms with Crippen molar-refractivity contribution in [2.75, 3.05) is 19.7 Å². The van der Waals surface area contributed by atoms with Crippen LogP contribution in [0.4, 0.5) is 0 Å². The highest BCUT2D eigenvalue weighted by atomic mass is 16.5. The minimum absolute atomic E-state index is 0.0763. The number of aliphatic hydroxyl groups excluding tert-OH is 1. The lowest BCUT2D eigenvalue weighted by Gasteiger charge is -2.37. The van der Waals surface area contributed by atoms with Crippen molar-refractivity contribution in [3.63, 3.8) is 0 Å². The van der Waals surface area contributed by atoms with Crippen LogP contribution in [0.15, 0.2) is 0 Å². The largest absolute Gasteiger partial charge is 0.396 e. The first-order chi connectivity index (χ1) is 8.11. The molecule has 0 aromatic carbocycles. The Hall–Kier alpha value is -0.120. The zero-order valence-corrected chi connectivity index (χ0v) is 11.3. The van der Waals surface area contributed by atoms with Crippen molar-refractivity contribution in [2.45, 2.75) is 70.1 Å². The molecule has 0 aromatic rings. The Morgan fingerprint density at radius 1 is 1.29 bits per heavy atom. The fourth-order valence-corrected chi connectivity index (χ4v) is 3.24. The summed E-state index contributed by atoms with van der Waals surface area (Å²) < 4.78 is 6.07. The number of likely N-dealkylation sites (tertiary alicyclic amines) is 1. The lowest BCUT2D eigenvalue weighted by atomic mass is 9.98. The summed E-state index contributed by atoms with van der Waals surface area (Å²) >= 11 is 0. The summed E-state index contributed by atoms with van der Waals surface area (Å²) in [6, 6.07) is 0.584. The molecule has 2 atom stereocenters. The first kappa shape index (κ1) is 13.3. The maximum Gasteiger partial charge on any atom is 0.0710 e. The van der Waals surface area contributed by atoms with Gasteiger partial charge in [0.1, 0.15) is 0 Å². The van der Waals surface area contributed by atoms with Gasteiger partial charge in [0.25, 0.3) is 0 Å². The molecule has 0 bridgehead atoms. The van der Waals surface area contributed by atoms with E-state index < -0.39 is 0 Å². The SMILES string of the molecule is CC1(C)CCC(CN2CCCCC2CCO)O1. The van der Waals surface area contributed by atoms with Gasteiger partial charge in [-0.1, -0.05) is 6.42 Å². The predicted octanol–water partition coefficient (Wildman–Crippen LogP) is 2.18. The van der Waals surface area contributed by atoms with Crippen molar-refractivity contribution >= 4 is 0 Å². The summed E-state index contributed by atoms with van der Waals surface area (Å²) in [4.78, 5) is 2.55. The Bertz CT molecular complexity index is 240. The van der Waals surface area contributed by atoms with Crippen LogP contribution in [-0.4, -0.2) is 47.4 Å². The van der Waals surface area contributed by atoms with E-state index in [0.717, 1.165) is 13.0 Å². The van der Waals surface area contributed by atoms with Gasteiger partial charge in [-0.2, -0.15) is 0 Å². The van der Waals surface area contributed by atoms with Crippen molar-refractivity contribution in [3.05, 3.63) is 0 Å². The normalized spacial score (nSPS) is 34.1. The molecule has 2 aliphatic heterocycles. The molecule has 2 heterocycles. The number of nitrogens with zero attached hydrogens (tertiary/aromatic N) is 1. The molecule has 17 heavy (non-hydrogen) atoms. The average Bonchev–Trinajstić information content (AvgIpc) is 2.61. The van der Waals surface area contributed by atoms with Crippen LogP contribution in [0.2, 0.25) is 0 Å². The van der Waals surface area contributed by atoms with E-state index in [4.69, 9.17) is 9.84 Å².